The molecule has 0 aromatic carbocycles. The first-order valence-electron chi connectivity index (χ1n) is 5.32. The molecule has 0 radical (unpaired) electrons. The molecule has 1 fully saturated rings. The minimum Gasteiger partial charge on any atom is -0.314 e. The van der Waals surface area contributed by atoms with Crippen molar-refractivity contribution < 1.29 is 8.42 Å². The number of nitrogens with one attached hydrogen (secondary N) is 1. The first-order chi connectivity index (χ1) is 6.61. The molecular weight excluding hydrogens is 236 g/mol. The molecule has 0 aliphatic carbocycles. The minimum atomic E-state index is -3.00. The van der Waals surface area contributed by atoms with Gasteiger partial charge in [-0.1, -0.05) is 13.3 Å². The van der Waals surface area contributed by atoms with Gasteiger partial charge in [-0.05, 0) is 13.3 Å². The summed E-state index contributed by atoms with van der Waals surface area (Å²) in [5.41, 5.74) is 0. The normalized spacial score (nSPS) is 23.5. The van der Waals surface area contributed by atoms with Crippen molar-refractivity contribution >= 4 is 22.4 Å². The fourth-order valence-corrected chi connectivity index (χ4v) is 3.19. The van der Waals surface area contributed by atoms with Crippen molar-refractivity contribution in [2.45, 2.75) is 32.7 Å². The van der Waals surface area contributed by atoms with E-state index in [1.54, 1.807) is 11.2 Å². The van der Waals surface area contributed by atoms with Crippen LogP contribution in [0.2, 0.25) is 0 Å². The van der Waals surface area contributed by atoms with Crippen LogP contribution in [-0.4, -0.2) is 44.2 Å². The van der Waals surface area contributed by atoms with Crippen LogP contribution in [0.15, 0.2) is 0 Å². The summed E-state index contributed by atoms with van der Waals surface area (Å²) in [6.07, 6.45) is 1.98. The third-order valence-electron chi connectivity index (χ3n) is 2.64. The standard InChI is InChI=1S/C9H20N2O2S.ClH/c1-3-5-9-8-10-6-7-11(9)14(12,13)4-2;/h9-10H,3-8H2,1-2H3;1H. The molecule has 1 aliphatic heterocycles. The molecule has 1 rings (SSSR count). The highest BCUT2D eigenvalue weighted by Gasteiger charge is 2.29. The lowest BCUT2D eigenvalue weighted by Crippen LogP contribution is -2.53. The molecule has 0 saturated carbocycles. The van der Waals surface area contributed by atoms with E-state index in [1.807, 2.05) is 0 Å². The molecule has 0 bridgehead atoms. The predicted molar refractivity (Wildman–Crippen MR) is 65.0 cm³/mol. The summed E-state index contributed by atoms with van der Waals surface area (Å²) < 4.78 is 25.1. The molecule has 0 spiro atoms. The van der Waals surface area contributed by atoms with Crippen LogP contribution >= 0.6 is 12.4 Å². The lowest BCUT2D eigenvalue weighted by Gasteiger charge is -2.34. The Labute approximate surface area is 98.9 Å². The van der Waals surface area contributed by atoms with Gasteiger partial charge in [0.15, 0.2) is 0 Å². The van der Waals surface area contributed by atoms with E-state index in [0.29, 0.717) is 6.54 Å². The van der Waals surface area contributed by atoms with E-state index in [9.17, 15) is 8.42 Å². The molecule has 6 heteroatoms. The van der Waals surface area contributed by atoms with E-state index in [2.05, 4.69) is 12.2 Å². The van der Waals surface area contributed by atoms with Crippen molar-refractivity contribution in [1.29, 1.82) is 0 Å². The second kappa shape index (κ2) is 6.68. The fourth-order valence-electron chi connectivity index (χ4n) is 1.85. The summed E-state index contributed by atoms with van der Waals surface area (Å²) in [7, 11) is -3.00. The fraction of sp³-hybridized carbons (Fsp3) is 1.00. The lowest BCUT2D eigenvalue weighted by molar-refractivity contribution is 0.255. The van der Waals surface area contributed by atoms with Gasteiger partial charge in [0, 0.05) is 25.7 Å². The molecule has 0 amide bonds. The zero-order chi connectivity index (χ0) is 10.6. The molecule has 0 aromatic heterocycles. The number of hydrogen-bond donors (Lipinski definition) is 1. The van der Waals surface area contributed by atoms with Crippen LogP contribution in [0.25, 0.3) is 0 Å². The van der Waals surface area contributed by atoms with Crippen LogP contribution in [0.3, 0.4) is 0 Å². The third kappa shape index (κ3) is 3.90. The Balaban J connectivity index is 0.00000196. The Bertz CT molecular complexity index is 267. The van der Waals surface area contributed by atoms with E-state index < -0.39 is 10.0 Å². The van der Waals surface area contributed by atoms with Crippen LogP contribution in [0.1, 0.15) is 26.7 Å². The average Bonchev–Trinajstić information content (AvgIpc) is 2.19. The molecule has 1 aliphatic rings. The number of piperazine rings is 1. The van der Waals surface area contributed by atoms with E-state index >= 15 is 0 Å². The Morgan fingerprint density at radius 2 is 2.07 bits per heavy atom. The maximum absolute atomic E-state index is 11.7. The number of rotatable bonds is 4. The summed E-state index contributed by atoms with van der Waals surface area (Å²) in [5, 5.41) is 3.24. The van der Waals surface area contributed by atoms with Crippen molar-refractivity contribution in [2.24, 2.45) is 0 Å². The maximum atomic E-state index is 11.7. The molecule has 1 heterocycles. The van der Waals surface area contributed by atoms with Crippen molar-refractivity contribution in [1.82, 2.24) is 9.62 Å². The first kappa shape index (κ1) is 15.2. The second-order valence-corrected chi connectivity index (χ2v) is 5.87. The summed E-state index contributed by atoms with van der Waals surface area (Å²) in [6, 6.07) is 0.165. The monoisotopic (exact) mass is 256 g/mol. The van der Waals surface area contributed by atoms with Crippen molar-refractivity contribution in [3.63, 3.8) is 0 Å². The molecule has 92 valence electrons. The summed E-state index contributed by atoms with van der Waals surface area (Å²) in [6.45, 7) is 6.00. The summed E-state index contributed by atoms with van der Waals surface area (Å²) >= 11 is 0. The van der Waals surface area contributed by atoms with Crippen LogP contribution in [-0.2, 0) is 10.0 Å². The molecule has 1 unspecified atom stereocenters. The predicted octanol–water partition coefficient (Wildman–Crippen LogP) is 0.832. The van der Waals surface area contributed by atoms with Crippen molar-refractivity contribution in [3.8, 4) is 0 Å². The highest BCUT2D eigenvalue weighted by molar-refractivity contribution is 7.89. The van der Waals surface area contributed by atoms with Crippen LogP contribution < -0.4 is 5.32 Å². The molecule has 0 aromatic rings. The topological polar surface area (TPSA) is 49.4 Å². The van der Waals surface area contributed by atoms with Gasteiger partial charge in [-0.25, -0.2) is 8.42 Å². The van der Waals surface area contributed by atoms with Gasteiger partial charge in [-0.3, -0.25) is 0 Å². The zero-order valence-corrected chi connectivity index (χ0v) is 11.0. The van der Waals surface area contributed by atoms with E-state index in [0.717, 1.165) is 25.9 Å². The number of halogens is 1. The molecule has 15 heavy (non-hydrogen) atoms. The Kier molecular flexibility index (Phi) is 6.75. The van der Waals surface area contributed by atoms with E-state index in [1.165, 1.54) is 0 Å². The zero-order valence-electron chi connectivity index (χ0n) is 9.40. The summed E-state index contributed by atoms with van der Waals surface area (Å²) in [4.78, 5) is 0. The number of hydrogen-bond acceptors (Lipinski definition) is 3. The minimum absolute atomic E-state index is 0. The molecular formula is C9H21ClN2O2S. The molecule has 1 saturated heterocycles. The van der Waals surface area contributed by atoms with Gasteiger partial charge in [-0.2, -0.15) is 4.31 Å². The maximum Gasteiger partial charge on any atom is 0.214 e. The lowest BCUT2D eigenvalue weighted by atomic mass is 10.1. The van der Waals surface area contributed by atoms with E-state index in [-0.39, 0.29) is 24.2 Å². The summed E-state index contributed by atoms with van der Waals surface area (Å²) in [5.74, 6) is 0.215. The number of sulfonamides is 1. The second-order valence-electron chi connectivity index (χ2n) is 3.66. The molecule has 4 nitrogen and oxygen atoms in total. The van der Waals surface area contributed by atoms with Gasteiger partial charge in [0.1, 0.15) is 0 Å². The Morgan fingerprint density at radius 3 is 2.60 bits per heavy atom. The van der Waals surface area contributed by atoms with Gasteiger partial charge in [0.25, 0.3) is 0 Å². The Hall–Kier alpha value is 0.160. The largest absolute Gasteiger partial charge is 0.314 e. The molecule has 1 atom stereocenters. The smallest absolute Gasteiger partial charge is 0.214 e. The van der Waals surface area contributed by atoms with Gasteiger partial charge in [0.05, 0.1) is 5.75 Å². The van der Waals surface area contributed by atoms with Gasteiger partial charge in [-0.15, -0.1) is 12.4 Å². The molecule has 1 N–H and O–H groups in total. The van der Waals surface area contributed by atoms with Gasteiger partial charge in [0.2, 0.25) is 10.0 Å². The highest BCUT2D eigenvalue weighted by Crippen LogP contribution is 2.14. The average molecular weight is 257 g/mol. The van der Waals surface area contributed by atoms with Crippen molar-refractivity contribution in [2.75, 3.05) is 25.4 Å². The quantitative estimate of drug-likeness (QED) is 0.811. The van der Waals surface area contributed by atoms with Crippen LogP contribution in [0.4, 0.5) is 0 Å². The van der Waals surface area contributed by atoms with Crippen molar-refractivity contribution in [3.05, 3.63) is 0 Å². The van der Waals surface area contributed by atoms with Gasteiger partial charge < -0.3 is 5.32 Å². The third-order valence-corrected chi connectivity index (χ3v) is 4.57. The highest BCUT2D eigenvalue weighted by atomic mass is 35.5. The SMILES string of the molecule is CCCC1CNCCN1S(=O)(=O)CC.Cl. The van der Waals surface area contributed by atoms with Crippen LogP contribution in [0, 0.1) is 0 Å². The Morgan fingerprint density at radius 1 is 1.40 bits per heavy atom. The van der Waals surface area contributed by atoms with Crippen LogP contribution in [0.5, 0.6) is 0 Å². The van der Waals surface area contributed by atoms with Gasteiger partial charge >= 0.3 is 0 Å². The first-order valence-corrected chi connectivity index (χ1v) is 6.93. The van der Waals surface area contributed by atoms with E-state index in [4.69, 9.17) is 0 Å². The number of nitrogens with zero attached hydrogens (tertiary/aromatic N) is 1.